The van der Waals surface area contributed by atoms with E-state index in [-0.39, 0.29) is 12.1 Å². The Hall–Kier alpha value is -1.83. The topological polar surface area (TPSA) is 69.6 Å². The Morgan fingerprint density at radius 1 is 1.43 bits per heavy atom. The van der Waals surface area contributed by atoms with Crippen LogP contribution in [-0.2, 0) is 11.3 Å². The number of carboxylic acid groups (broad SMARTS) is 1. The largest absolute Gasteiger partial charge is 0.480 e. The molecule has 8 heteroatoms. The second-order valence-corrected chi connectivity index (χ2v) is 5.67. The predicted molar refractivity (Wildman–Crippen MR) is 74.0 cm³/mol. The summed E-state index contributed by atoms with van der Waals surface area (Å²) in [6.45, 7) is 0.109. The van der Waals surface area contributed by atoms with Crippen molar-refractivity contribution in [3.63, 3.8) is 0 Å². The van der Waals surface area contributed by atoms with Gasteiger partial charge in [0.05, 0.1) is 0 Å². The lowest BCUT2D eigenvalue weighted by Gasteiger charge is -2.32. The maximum atomic E-state index is 13.4. The van der Waals surface area contributed by atoms with E-state index in [1.54, 1.807) is 0 Å². The number of hydrogen-bond donors (Lipinski definition) is 2. The number of thioether (sulfide) groups is 1. The number of amides is 2. The molecule has 5 nitrogen and oxygen atoms in total. The summed E-state index contributed by atoms with van der Waals surface area (Å²) in [5.74, 6) is -1.34. The molecule has 1 aliphatic rings. The molecule has 2 amide bonds. The molecule has 2 N–H and O–H groups in total. The molecule has 0 aromatic heterocycles. The van der Waals surface area contributed by atoms with E-state index >= 15 is 0 Å². The number of urea groups is 1. The van der Waals surface area contributed by atoms with Gasteiger partial charge in [0.25, 0.3) is 0 Å². The number of halogens is 2. The first-order valence-corrected chi connectivity index (χ1v) is 7.43. The molecule has 0 saturated carbocycles. The van der Waals surface area contributed by atoms with Gasteiger partial charge in [0.2, 0.25) is 0 Å². The standard InChI is InChI=1S/C13H14F2N2O3S/c14-9-1-2-10(15)8(5-9)6-16-13(20)17-3-4-21-7-11(17)12(18)19/h1-2,5,11H,3-4,6-7H2,(H,16,20)(H,18,19). The Kier molecular flexibility index (Phi) is 5.00. The minimum Gasteiger partial charge on any atom is -0.480 e. The average Bonchev–Trinajstić information content (AvgIpc) is 2.47. The zero-order chi connectivity index (χ0) is 15.4. The van der Waals surface area contributed by atoms with Crippen LogP contribution in [0.5, 0.6) is 0 Å². The van der Waals surface area contributed by atoms with Crippen molar-refractivity contribution in [3.05, 3.63) is 35.4 Å². The van der Waals surface area contributed by atoms with Gasteiger partial charge in [0.1, 0.15) is 17.7 Å². The molecule has 21 heavy (non-hydrogen) atoms. The number of nitrogens with zero attached hydrogens (tertiary/aromatic N) is 1. The van der Waals surface area contributed by atoms with Crippen molar-refractivity contribution in [2.45, 2.75) is 12.6 Å². The molecule has 1 aromatic carbocycles. The lowest BCUT2D eigenvalue weighted by Crippen LogP contribution is -2.53. The summed E-state index contributed by atoms with van der Waals surface area (Å²) in [5, 5.41) is 11.5. The quantitative estimate of drug-likeness (QED) is 0.890. The van der Waals surface area contributed by atoms with E-state index in [0.717, 1.165) is 18.2 Å². The lowest BCUT2D eigenvalue weighted by atomic mass is 10.2. The minimum atomic E-state index is -1.07. The van der Waals surface area contributed by atoms with Crippen molar-refractivity contribution in [2.75, 3.05) is 18.1 Å². The third-order valence-electron chi connectivity index (χ3n) is 3.11. The van der Waals surface area contributed by atoms with Gasteiger partial charge in [-0.15, -0.1) is 0 Å². The Morgan fingerprint density at radius 3 is 2.90 bits per heavy atom. The van der Waals surface area contributed by atoms with E-state index in [0.29, 0.717) is 18.1 Å². The molecule has 1 unspecified atom stereocenters. The first-order chi connectivity index (χ1) is 9.99. The summed E-state index contributed by atoms with van der Waals surface area (Å²) in [7, 11) is 0. The van der Waals surface area contributed by atoms with E-state index < -0.39 is 29.7 Å². The van der Waals surface area contributed by atoms with Gasteiger partial charge < -0.3 is 15.3 Å². The zero-order valence-corrected chi connectivity index (χ0v) is 11.8. The number of nitrogens with one attached hydrogen (secondary N) is 1. The molecule has 1 heterocycles. The molecule has 1 fully saturated rings. The number of carbonyl (C=O) groups is 2. The van der Waals surface area contributed by atoms with Gasteiger partial charge in [-0.05, 0) is 18.2 Å². The second kappa shape index (κ2) is 6.75. The molecule has 1 aromatic rings. The summed E-state index contributed by atoms with van der Waals surface area (Å²) in [4.78, 5) is 24.3. The maximum Gasteiger partial charge on any atom is 0.327 e. The Morgan fingerprint density at radius 2 is 2.19 bits per heavy atom. The summed E-state index contributed by atoms with van der Waals surface area (Å²) in [5.41, 5.74) is 0.0154. The fourth-order valence-electron chi connectivity index (χ4n) is 2.00. The second-order valence-electron chi connectivity index (χ2n) is 4.52. The van der Waals surface area contributed by atoms with E-state index in [1.807, 2.05) is 0 Å². The molecule has 114 valence electrons. The van der Waals surface area contributed by atoms with Crippen molar-refractivity contribution in [3.8, 4) is 0 Å². The molecule has 1 aliphatic heterocycles. The number of rotatable bonds is 3. The first-order valence-electron chi connectivity index (χ1n) is 6.28. The summed E-state index contributed by atoms with van der Waals surface area (Å²) in [6, 6.07) is 1.47. The molecular formula is C13H14F2N2O3S. The highest BCUT2D eigenvalue weighted by Gasteiger charge is 2.32. The zero-order valence-electron chi connectivity index (χ0n) is 11.0. The summed E-state index contributed by atoms with van der Waals surface area (Å²) in [6.07, 6.45) is 0. The van der Waals surface area contributed by atoms with E-state index in [2.05, 4.69) is 5.32 Å². The number of aliphatic carboxylic acids is 1. The molecule has 2 rings (SSSR count). The monoisotopic (exact) mass is 316 g/mol. The highest BCUT2D eigenvalue weighted by Crippen LogP contribution is 2.17. The van der Waals surface area contributed by atoms with Crippen LogP contribution in [0.15, 0.2) is 18.2 Å². The Balaban J connectivity index is 2.00. The van der Waals surface area contributed by atoms with Gasteiger partial charge in [0, 0.05) is 30.2 Å². The van der Waals surface area contributed by atoms with Crippen LogP contribution >= 0.6 is 11.8 Å². The smallest absolute Gasteiger partial charge is 0.327 e. The van der Waals surface area contributed by atoms with Gasteiger partial charge in [-0.25, -0.2) is 18.4 Å². The molecule has 0 radical (unpaired) electrons. The Bertz CT molecular complexity index is 556. The maximum absolute atomic E-state index is 13.4. The van der Waals surface area contributed by atoms with E-state index in [4.69, 9.17) is 5.11 Å². The molecule has 1 saturated heterocycles. The lowest BCUT2D eigenvalue weighted by molar-refractivity contribution is -0.141. The number of carbonyl (C=O) groups excluding carboxylic acids is 1. The SMILES string of the molecule is O=C(O)C1CSCCN1C(=O)NCc1cc(F)ccc1F. The van der Waals surface area contributed by atoms with E-state index in [1.165, 1.54) is 16.7 Å². The normalized spacial score (nSPS) is 18.4. The number of benzene rings is 1. The van der Waals surface area contributed by atoms with E-state index in [9.17, 15) is 18.4 Å². The first kappa shape index (κ1) is 15.6. The van der Waals surface area contributed by atoms with Crippen LogP contribution in [0.25, 0.3) is 0 Å². The van der Waals surface area contributed by atoms with Gasteiger partial charge in [0.15, 0.2) is 0 Å². The molecule has 0 aliphatic carbocycles. The van der Waals surface area contributed by atoms with Crippen molar-refractivity contribution < 1.29 is 23.5 Å². The minimum absolute atomic E-state index is 0.0154. The van der Waals surface area contributed by atoms with Crippen LogP contribution in [0, 0.1) is 11.6 Å². The highest BCUT2D eigenvalue weighted by atomic mass is 32.2. The molecule has 0 bridgehead atoms. The molecular weight excluding hydrogens is 302 g/mol. The highest BCUT2D eigenvalue weighted by molar-refractivity contribution is 7.99. The van der Waals surface area contributed by atoms with Gasteiger partial charge in [-0.2, -0.15) is 11.8 Å². The van der Waals surface area contributed by atoms with Crippen molar-refractivity contribution in [1.82, 2.24) is 10.2 Å². The fraction of sp³-hybridized carbons (Fsp3) is 0.385. The third-order valence-corrected chi connectivity index (χ3v) is 4.13. The van der Waals surface area contributed by atoms with Crippen LogP contribution in [0.3, 0.4) is 0 Å². The number of carboxylic acids is 1. The van der Waals surface area contributed by atoms with Gasteiger partial charge in [-0.3, -0.25) is 0 Å². The average molecular weight is 316 g/mol. The van der Waals surface area contributed by atoms with Crippen LogP contribution < -0.4 is 5.32 Å². The van der Waals surface area contributed by atoms with Crippen LogP contribution in [-0.4, -0.2) is 46.1 Å². The molecule has 1 atom stereocenters. The molecule has 0 spiro atoms. The van der Waals surface area contributed by atoms with Gasteiger partial charge >= 0.3 is 12.0 Å². The van der Waals surface area contributed by atoms with Crippen LogP contribution in [0.4, 0.5) is 13.6 Å². The van der Waals surface area contributed by atoms with Crippen molar-refractivity contribution in [2.24, 2.45) is 0 Å². The van der Waals surface area contributed by atoms with Crippen LogP contribution in [0.2, 0.25) is 0 Å². The predicted octanol–water partition coefficient (Wildman–Crippen LogP) is 1.68. The van der Waals surface area contributed by atoms with Gasteiger partial charge in [-0.1, -0.05) is 0 Å². The number of hydrogen-bond acceptors (Lipinski definition) is 3. The fourth-order valence-corrected chi connectivity index (χ4v) is 3.04. The summed E-state index contributed by atoms with van der Waals surface area (Å²) >= 11 is 1.46. The van der Waals surface area contributed by atoms with Crippen molar-refractivity contribution >= 4 is 23.8 Å². The van der Waals surface area contributed by atoms with Crippen molar-refractivity contribution in [1.29, 1.82) is 0 Å². The summed E-state index contributed by atoms with van der Waals surface area (Å²) < 4.78 is 26.5. The third kappa shape index (κ3) is 3.84. The van der Waals surface area contributed by atoms with Crippen LogP contribution in [0.1, 0.15) is 5.56 Å². The Labute approximate surface area is 124 Å².